The number of ether oxygens (including phenoxy) is 1. The van der Waals surface area contributed by atoms with Gasteiger partial charge in [0.2, 0.25) is 16.9 Å². The summed E-state index contributed by atoms with van der Waals surface area (Å²) >= 11 is 4.74. The molecule has 7 nitrogen and oxygen atoms in total. The molecule has 0 fully saturated rings. The van der Waals surface area contributed by atoms with Crippen LogP contribution < -0.4 is 5.32 Å². The van der Waals surface area contributed by atoms with Crippen molar-refractivity contribution < 1.29 is 14.3 Å². The fourth-order valence-corrected chi connectivity index (χ4v) is 3.58. The number of hydrogen-bond acceptors (Lipinski definition) is 6. The minimum atomic E-state index is -0.512. The summed E-state index contributed by atoms with van der Waals surface area (Å²) in [4.78, 5) is 26.5. The van der Waals surface area contributed by atoms with Crippen LogP contribution in [0.3, 0.4) is 0 Å². The summed E-state index contributed by atoms with van der Waals surface area (Å²) in [7, 11) is 1.59. The highest BCUT2D eigenvalue weighted by Crippen LogP contribution is 2.28. The quantitative estimate of drug-likeness (QED) is 0.636. The smallest absolute Gasteiger partial charge is 0.228 e. The van der Waals surface area contributed by atoms with Crippen molar-refractivity contribution in [1.29, 1.82) is 0 Å². The lowest BCUT2D eigenvalue weighted by molar-refractivity contribution is -0.140. The second kappa shape index (κ2) is 10.1. The van der Waals surface area contributed by atoms with Crippen LogP contribution in [0.15, 0.2) is 28.7 Å². The number of aromatic nitrogens is 2. The standard InChI is InChI=1S/C19H25BrN4O3S/c1-19(2,3)17(26)24(10-11-27-4)9-8-15(25)21-18-23-22-16(28-18)13-6-5-7-14(20)12-13/h5-7,12H,8-11H2,1-4H3,(H,21,23,25). The van der Waals surface area contributed by atoms with Crippen LogP contribution >= 0.6 is 27.3 Å². The fraction of sp³-hybridized carbons (Fsp3) is 0.474. The lowest BCUT2D eigenvalue weighted by Crippen LogP contribution is -2.42. The third kappa shape index (κ3) is 6.65. The molecule has 0 unspecified atom stereocenters. The van der Waals surface area contributed by atoms with Crippen LogP contribution in [0.1, 0.15) is 27.2 Å². The Bertz CT molecular complexity index is 820. The average Bonchev–Trinajstić information content (AvgIpc) is 3.09. The van der Waals surface area contributed by atoms with Crippen LogP contribution in [0.25, 0.3) is 10.6 Å². The molecule has 1 N–H and O–H groups in total. The lowest BCUT2D eigenvalue weighted by Gasteiger charge is -2.29. The lowest BCUT2D eigenvalue weighted by atomic mass is 9.94. The Morgan fingerprint density at radius 2 is 2.00 bits per heavy atom. The maximum atomic E-state index is 12.5. The van der Waals surface area contributed by atoms with E-state index in [1.807, 2.05) is 45.0 Å². The van der Waals surface area contributed by atoms with Crippen LogP contribution in [0, 0.1) is 5.41 Å². The van der Waals surface area contributed by atoms with E-state index in [-0.39, 0.29) is 18.2 Å². The molecule has 1 aromatic carbocycles. The first-order valence-corrected chi connectivity index (χ1v) is 10.5. The van der Waals surface area contributed by atoms with Crippen molar-refractivity contribution in [3.05, 3.63) is 28.7 Å². The minimum absolute atomic E-state index is 0.00907. The summed E-state index contributed by atoms with van der Waals surface area (Å²) in [6, 6.07) is 7.72. The number of benzene rings is 1. The minimum Gasteiger partial charge on any atom is -0.383 e. The summed E-state index contributed by atoms with van der Waals surface area (Å²) in [6.45, 7) is 6.78. The molecule has 28 heavy (non-hydrogen) atoms. The summed E-state index contributed by atoms with van der Waals surface area (Å²) in [6.07, 6.45) is 0.178. The zero-order chi connectivity index (χ0) is 20.7. The number of nitrogens with zero attached hydrogens (tertiary/aromatic N) is 3. The van der Waals surface area contributed by atoms with Crippen molar-refractivity contribution in [3.63, 3.8) is 0 Å². The molecule has 2 aromatic rings. The molecule has 0 bridgehead atoms. The highest BCUT2D eigenvalue weighted by molar-refractivity contribution is 9.10. The largest absolute Gasteiger partial charge is 0.383 e. The van der Waals surface area contributed by atoms with E-state index < -0.39 is 5.41 Å². The topological polar surface area (TPSA) is 84.4 Å². The van der Waals surface area contributed by atoms with E-state index in [9.17, 15) is 9.59 Å². The molecule has 0 aliphatic rings. The van der Waals surface area contributed by atoms with Crippen molar-refractivity contribution in [1.82, 2.24) is 15.1 Å². The molecule has 0 aliphatic heterocycles. The third-order valence-corrected chi connectivity index (χ3v) is 5.23. The first-order chi connectivity index (χ1) is 13.2. The maximum Gasteiger partial charge on any atom is 0.228 e. The van der Waals surface area contributed by atoms with Crippen molar-refractivity contribution in [2.75, 3.05) is 32.1 Å². The molecular formula is C19H25BrN4O3S. The van der Waals surface area contributed by atoms with Crippen molar-refractivity contribution in [2.45, 2.75) is 27.2 Å². The second-order valence-corrected chi connectivity index (χ2v) is 9.15. The van der Waals surface area contributed by atoms with Crippen LogP contribution in [0.5, 0.6) is 0 Å². The molecular weight excluding hydrogens is 444 g/mol. The monoisotopic (exact) mass is 468 g/mol. The molecule has 1 heterocycles. The number of carbonyl (C=O) groups is 2. The van der Waals surface area contributed by atoms with Gasteiger partial charge < -0.3 is 15.0 Å². The van der Waals surface area contributed by atoms with Gasteiger partial charge in [-0.2, -0.15) is 0 Å². The molecule has 1 aromatic heterocycles. The van der Waals surface area contributed by atoms with E-state index in [0.717, 1.165) is 15.0 Å². The molecule has 9 heteroatoms. The average molecular weight is 469 g/mol. The van der Waals surface area contributed by atoms with Gasteiger partial charge in [-0.3, -0.25) is 9.59 Å². The predicted molar refractivity (Wildman–Crippen MR) is 114 cm³/mol. The number of amides is 2. The number of hydrogen-bond donors (Lipinski definition) is 1. The molecule has 0 atom stereocenters. The fourth-order valence-electron chi connectivity index (χ4n) is 2.42. The molecule has 0 aliphatic carbocycles. The van der Waals surface area contributed by atoms with E-state index >= 15 is 0 Å². The van der Waals surface area contributed by atoms with E-state index in [1.165, 1.54) is 11.3 Å². The summed E-state index contributed by atoms with van der Waals surface area (Å²) in [5, 5.41) is 12.1. The molecule has 0 saturated carbocycles. The van der Waals surface area contributed by atoms with Crippen molar-refractivity contribution in [2.24, 2.45) is 5.41 Å². The zero-order valence-corrected chi connectivity index (χ0v) is 18.9. The Hall–Kier alpha value is -1.84. The van der Waals surface area contributed by atoms with Crippen LogP contribution in [0.2, 0.25) is 0 Å². The van der Waals surface area contributed by atoms with E-state index in [0.29, 0.717) is 24.8 Å². The van der Waals surface area contributed by atoms with Crippen LogP contribution in [0.4, 0.5) is 5.13 Å². The first-order valence-electron chi connectivity index (χ1n) is 8.88. The summed E-state index contributed by atoms with van der Waals surface area (Å²) in [5.74, 6) is -0.216. The molecule has 0 radical (unpaired) electrons. The number of rotatable bonds is 8. The van der Waals surface area contributed by atoms with Crippen LogP contribution in [-0.4, -0.2) is 53.7 Å². The van der Waals surface area contributed by atoms with Gasteiger partial charge in [0.25, 0.3) is 0 Å². The van der Waals surface area contributed by atoms with Gasteiger partial charge in [-0.05, 0) is 12.1 Å². The van der Waals surface area contributed by atoms with E-state index in [2.05, 4.69) is 31.4 Å². The zero-order valence-electron chi connectivity index (χ0n) is 16.5. The molecule has 0 spiro atoms. The van der Waals surface area contributed by atoms with Crippen LogP contribution in [-0.2, 0) is 14.3 Å². The van der Waals surface area contributed by atoms with Gasteiger partial charge in [0, 0.05) is 42.1 Å². The van der Waals surface area contributed by atoms with E-state index in [4.69, 9.17) is 4.74 Å². The Labute approximate surface area is 177 Å². The Balaban J connectivity index is 1.94. The molecule has 0 saturated heterocycles. The number of anilines is 1. The van der Waals surface area contributed by atoms with Crippen molar-refractivity contribution in [3.8, 4) is 10.6 Å². The van der Waals surface area contributed by atoms with Gasteiger partial charge in [-0.1, -0.05) is 60.2 Å². The Morgan fingerprint density at radius 3 is 2.64 bits per heavy atom. The number of carbonyl (C=O) groups excluding carboxylic acids is 2. The van der Waals surface area contributed by atoms with Gasteiger partial charge in [-0.15, -0.1) is 10.2 Å². The molecule has 2 rings (SSSR count). The van der Waals surface area contributed by atoms with E-state index in [1.54, 1.807) is 12.0 Å². The first kappa shape index (κ1) is 22.4. The Morgan fingerprint density at radius 1 is 1.25 bits per heavy atom. The van der Waals surface area contributed by atoms with Crippen molar-refractivity contribution >= 4 is 44.2 Å². The normalized spacial score (nSPS) is 11.3. The van der Waals surface area contributed by atoms with Gasteiger partial charge in [-0.25, -0.2) is 0 Å². The Kier molecular flexibility index (Phi) is 8.09. The van der Waals surface area contributed by atoms with Gasteiger partial charge in [0.1, 0.15) is 5.01 Å². The summed E-state index contributed by atoms with van der Waals surface area (Å²) < 4.78 is 6.03. The number of halogens is 1. The predicted octanol–water partition coefficient (Wildman–Crippen LogP) is 3.82. The summed E-state index contributed by atoms with van der Waals surface area (Å²) in [5.41, 5.74) is 0.413. The molecule has 152 valence electrons. The number of methoxy groups -OCH3 is 1. The second-order valence-electron chi connectivity index (χ2n) is 7.26. The SMILES string of the molecule is COCCN(CCC(=O)Nc1nnc(-c2cccc(Br)c2)s1)C(=O)C(C)(C)C. The highest BCUT2D eigenvalue weighted by atomic mass is 79.9. The van der Waals surface area contributed by atoms with Gasteiger partial charge >= 0.3 is 0 Å². The van der Waals surface area contributed by atoms with Gasteiger partial charge in [0.15, 0.2) is 0 Å². The third-order valence-electron chi connectivity index (χ3n) is 3.85. The van der Waals surface area contributed by atoms with Gasteiger partial charge in [0.05, 0.1) is 6.61 Å². The number of nitrogens with one attached hydrogen (secondary N) is 1. The molecule has 2 amide bonds. The maximum absolute atomic E-state index is 12.5. The highest BCUT2D eigenvalue weighted by Gasteiger charge is 2.27.